The lowest BCUT2D eigenvalue weighted by molar-refractivity contribution is -0.142. The predicted octanol–water partition coefficient (Wildman–Crippen LogP) is 1.19. The molecule has 2 rings (SSSR count). The fourth-order valence-electron chi connectivity index (χ4n) is 2.17. The SMILES string of the molecule is Cc1cscc1CNS(=O)(=O)N1CCC(C(=O)O)CC1. The molecular formula is C12H18N2O4S2. The van der Waals surface area contributed by atoms with E-state index in [4.69, 9.17) is 5.11 Å². The first-order chi connectivity index (χ1) is 9.40. The van der Waals surface area contributed by atoms with Gasteiger partial charge < -0.3 is 5.11 Å². The van der Waals surface area contributed by atoms with Crippen molar-refractivity contribution in [3.8, 4) is 0 Å². The summed E-state index contributed by atoms with van der Waals surface area (Å²) in [6, 6.07) is 0. The van der Waals surface area contributed by atoms with E-state index in [0.717, 1.165) is 11.1 Å². The minimum absolute atomic E-state index is 0.259. The first kappa shape index (κ1) is 15.4. The van der Waals surface area contributed by atoms with Crippen molar-refractivity contribution in [2.45, 2.75) is 26.3 Å². The highest BCUT2D eigenvalue weighted by Crippen LogP contribution is 2.20. The maximum absolute atomic E-state index is 12.1. The molecule has 1 saturated heterocycles. The van der Waals surface area contributed by atoms with Gasteiger partial charge in [0.2, 0.25) is 0 Å². The number of hydrogen-bond donors (Lipinski definition) is 2. The van der Waals surface area contributed by atoms with Gasteiger partial charge in [-0.3, -0.25) is 4.79 Å². The van der Waals surface area contributed by atoms with E-state index in [2.05, 4.69) is 4.72 Å². The molecule has 20 heavy (non-hydrogen) atoms. The number of thiophene rings is 1. The van der Waals surface area contributed by atoms with Crippen LogP contribution >= 0.6 is 11.3 Å². The van der Waals surface area contributed by atoms with Crippen LogP contribution in [0.2, 0.25) is 0 Å². The van der Waals surface area contributed by atoms with E-state index < -0.39 is 22.1 Å². The summed E-state index contributed by atoms with van der Waals surface area (Å²) in [5.74, 6) is -1.27. The first-order valence-electron chi connectivity index (χ1n) is 6.39. The zero-order valence-corrected chi connectivity index (χ0v) is 12.8. The van der Waals surface area contributed by atoms with Crippen LogP contribution in [0.3, 0.4) is 0 Å². The van der Waals surface area contributed by atoms with Crippen LogP contribution in [0, 0.1) is 12.8 Å². The van der Waals surface area contributed by atoms with Crippen molar-refractivity contribution < 1.29 is 18.3 Å². The Balaban J connectivity index is 1.91. The molecule has 0 saturated carbocycles. The van der Waals surface area contributed by atoms with Crippen LogP contribution in [0.4, 0.5) is 0 Å². The van der Waals surface area contributed by atoms with Crippen molar-refractivity contribution in [1.82, 2.24) is 9.03 Å². The molecule has 2 N–H and O–H groups in total. The zero-order chi connectivity index (χ0) is 14.8. The van der Waals surface area contributed by atoms with E-state index in [-0.39, 0.29) is 19.6 Å². The summed E-state index contributed by atoms with van der Waals surface area (Å²) in [5, 5.41) is 12.8. The van der Waals surface area contributed by atoms with Crippen molar-refractivity contribution in [2.75, 3.05) is 13.1 Å². The second-order valence-corrected chi connectivity index (χ2v) is 7.42. The Labute approximate surface area is 122 Å². The molecule has 8 heteroatoms. The minimum Gasteiger partial charge on any atom is -0.481 e. The quantitative estimate of drug-likeness (QED) is 0.854. The molecule has 0 radical (unpaired) electrons. The smallest absolute Gasteiger partial charge is 0.306 e. The molecule has 0 aromatic carbocycles. The third-order valence-electron chi connectivity index (χ3n) is 3.55. The molecule has 1 aliphatic rings. The number of carboxylic acid groups (broad SMARTS) is 1. The fraction of sp³-hybridized carbons (Fsp3) is 0.583. The average Bonchev–Trinajstić information content (AvgIpc) is 2.82. The molecule has 2 heterocycles. The first-order valence-corrected chi connectivity index (χ1v) is 8.77. The van der Waals surface area contributed by atoms with E-state index in [1.807, 2.05) is 17.7 Å². The number of piperidine rings is 1. The van der Waals surface area contributed by atoms with Gasteiger partial charge in [0.05, 0.1) is 5.92 Å². The summed E-state index contributed by atoms with van der Waals surface area (Å²) in [7, 11) is -3.53. The van der Waals surface area contributed by atoms with Crippen LogP contribution in [0.5, 0.6) is 0 Å². The summed E-state index contributed by atoms with van der Waals surface area (Å²) >= 11 is 1.54. The molecular weight excluding hydrogens is 300 g/mol. The van der Waals surface area contributed by atoms with Gasteiger partial charge in [0.15, 0.2) is 0 Å². The van der Waals surface area contributed by atoms with Gasteiger partial charge >= 0.3 is 5.97 Å². The van der Waals surface area contributed by atoms with E-state index in [1.165, 1.54) is 4.31 Å². The standard InChI is InChI=1S/C12H18N2O4S2/c1-9-7-19-8-11(9)6-13-20(17,18)14-4-2-10(3-5-14)12(15)16/h7-8,10,13H,2-6H2,1H3,(H,15,16). The molecule has 0 bridgehead atoms. The van der Waals surface area contributed by atoms with Crippen molar-refractivity contribution >= 4 is 27.5 Å². The van der Waals surface area contributed by atoms with Crippen LogP contribution < -0.4 is 4.72 Å². The predicted molar refractivity (Wildman–Crippen MR) is 76.7 cm³/mol. The van der Waals surface area contributed by atoms with Crippen LogP contribution in [0.25, 0.3) is 0 Å². The molecule has 112 valence electrons. The van der Waals surface area contributed by atoms with Gasteiger partial charge in [0, 0.05) is 19.6 Å². The number of rotatable bonds is 5. The summed E-state index contributed by atoms with van der Waals surface area (Å²) in [6.45, 7) is 2.73. The second kappa shape index (κ2) is 6.21. The Morgan fingerprint density at radius 2 is 2.10 bits per heavy atom. The van der Waals surface area contributed by atoms with Gasteiger partial charge in [-0.15, -0.1) is 0 Å². The van der Waals surface area contributed by atoms with E-state index >= 15 is 0 Å². The third kappa shape index (κ3) is 3.57. The van der Waals surface area contributed by atoms with E-state index in [9.17, 15) is 13.2 Å². The summed E-state index contributed by atoms with van der Waals surface area (Å²) in [4.78, 5) is 10.8. The van der Waals surface area contributed by atoms with Crippen molar-refractivity contribution in [3.05, 3.63) is 21.9 Å². The van der Waals surface area contributed by atoms with Gasteiger partial charge in [0.1, 0.15) is 0 Å². The molecule has 1 aromatic heterocycles. The number of carbonyl (C=O) groups is 1. The largest absolute Gasteiger partial charge is 0.481 e. The normalized spacial score (nSPS) is 18.2. The highest BCUT2D eigenvalue weighted by molar-refractivity contribution is 7.87. The second-order valence-electron chi connectivity index (χ2n) is 4.92. The summed E-state index contributed by atoms with van der Waals surface area (Å²) in [5.41, 5.74) is 2.04. The molecule has 1 aliphatic heterocycles. The minimum atomic E-state index is -3.53. The van der Waals surface area contributed by atoms with Gasteiger partial charge in [-0.2, -0.15) is 28.8 Å². The molecule has 0 atom stereocenters. The molecule has 0 unspecified atom stereocenters. The van der Waals surface area contributed by atoms with E-state index in [0.29, 0.717) is 12.8 Å². The Kier molecular flexibility index (Phi) is 4.79. The van der Waals surface area contributed by atoms with Crippen LogP contribution in [0.1, 0.15) is 24.0 Å². The van der Waals surface area contributed by atoms with Gasteiger partial charge in [-0.25, -0.2) is 0 Å². The maximum atomic E-state index is 12.1. The monoisotopic (exact) mass is 318 g/mol. The molecule has 1 aromatic rings. The number of aryl methyl sites for hydroxylation is 1. The number of carboxylic acids is 1. The van der Waals surface area contributed by atoms with Gasteiger partial charge in [-0.1, -0.05) is 0 Å². The highest BCUT2D eigenvalue weighted by atomic mass is 32.2. The summed E-state index contributed by atoms with van der Waals surface area (Å²) < 4.78 is 28.2. The van der Waals surface area contributed by atoms with Crippen LogP contribution in [-0.2, 0) is 21.5 Å². The Hall–Kier alpha value is -0.960. The third-order valence-corrected chi connectivity index (χ3v) is 6.01. The summed E-state index contributed by atoms with van der Waals surface area (Å²) in [6.07, 6.45) is 0.738. The number of nitrogens with one attached hydrogen (secondary N) is 1. The van der Waals surface area contributed by atoms with Crippen molar-refractivity contribution in [3.63, 3.8) is 0 Å². The van der Waals surface area contributed by atoms with E-state index in [1.54, 1.807) is 11.3 Å². The molecule has 0 amide bonds. The van der Waals surface area contributed by atoms with Crippen molar-refractivity contribution in [1.29, 1.82) is 0 Å². The maximum Gasteiger partial charge on any atom is 0.306 e. The van der Waals surface area contributed by atoms with Crippen LogP contribution in [0.15, 0.2) is 10.8 Å². The highest BCUT2D eigenvalue weighted by Gasteiger charge is 2.30. The topological polar surface area (TPSA) is 86.7 Å². The number of hydrogen-bond acceptors (Lipinski definition) is 4. The lowest BCUT2D eigenvalue weighted by atomic mass is 9.99. The Bertz CT molecular complexity index is 574. The molecule has 0 spiro atoms. The lowest BCUT2D eigenvalue weighted by Crippen LogP contribution is -2.45. The van der Waals surface area contributed by atoms with Crippen LogP contribution in [-0.4, -0.2) is 36.9 Å². The van der Waals surface area contributed by atoms with Gasteiger partial charge in [-0.05, 0) is 41.7 Å². The zero-order valence-electron chi connectivity index (χ0n) is 11.2. The fourth-order valence-corrected chi connectivity index (χ4v) is 4.24. The molecule has 1 fully saturated rings. The Morgan fingerprint density at radius 3 is 2.60 bits per heavy atom. The number of nitrogens with zero attached hydrogens (tertiary/aromatic N) is 1. The lowest BCUT2D eigenvalue weighted by Gasteiger charge is -2.29. The average molecular weight is 318 g/mol. The molecule has 0 aliphatic carbocycles. The molecule has 6 nitrogen and oxygen atoms in total. The number of aliphatic carboxylic acids is 1. The van der Waals surface area contributed by atoms with Crippen molar-refractivity contribution in [2.24, 2.45) is 5.92 Å². The Morgan fingerprint density at radius 1 is 1.45 bits per heavy atom. The van der Waals surface area contributed by atoms with Gasteiger partial charge in [0.25, 0.3) is 10.2 Å².